The fourth-order valence-corrected chi connectivity index (χ4v) is 4.46. The average Bonchev–Trinajstić information content (AvgIpc) is 2.98. The lowest BCUT2D eigenvalue weighted by molar-refractivity contribution is -0.137. The molecule has 1 aliphatic heterocycles. The molecule has 0 saturated carbocycles. The summed E-state index contributed by atoms with van der Waals surface area (Å²) in [6.07, 6.45) is 2.86. The van der Waals surface area contributed by atoms with E-state index in [0.29, 0.717) is 0 Å². The van der Waals surface area contributed by atoms with Crippen molar-refractivity contribution >= 4 is 28.0 Å². The van der Waals surface area contributed by atoms with E-state index in [1.807, 2.05) is 20.9 Å². The molecular weight excluding hydrogens is 370 g/mol. The highest BCUT2D eigenvalue weighted by Gasteiger charge is 2.40. The number of rotatable bonds is 5. The Morgan fingerprint density at radius 2 is 1.96 bits per heavy atom. The molecule has 0 fully saturated rings. The molecule has 0 spiro atoms. The Morgan fingerprint density at radius 1 is 1.26 bits per heavy atom. The summed E-state index contributed by atoms with van der Waals surface area (Å²) < 4.78 is 32.3. The number of sulfonamides is 1. The second-order valence-electron chi connectivity index (χ2n) is 6.09. The lowest BCUT2D eigenvalue weighted by Gasteiger charge is -2.14. The molecule has 1 amide bonds. The first-order valence-corrected chi connectivity index (χ1v) is 9.68. The standard InChI is InChI=1S/C18H19N3O5S/c1-12-14(13(2)20(3)19-12)8-9-17(22)26-11-10-21-18(23)15-6-4-5-7-16(15)27(21,24)25/h4-9H,10-11H2,1-3H3/b9-8+. The Labute approximate surface area is 157 Å². The summed E-state index contributed by atoms with van der Waals surface area (Å²) in [5.41, 5.74) is 2.64. The molecule has 2 heterocycles. The molecule has 0 radical (unpaired) electrons. The summed E-state index contributed by atoms with van der Waals surface area (Å²) in [6, 6.07) is 6.00. The average molecular weight is 389 g/mol. The first-order valence-electron chi connectivity index (χ1n) is 8.24. The fourth-order valence-electron chi connectivity index (χ4n) is 2.91. The number of carbonyl (C=O) groups is 2. The van der Waals surface area contributed by atoms with Gasteiger partial charge in [0.15, 0.2) is 0 Å². The molecule has 27 heavy (non-hydrogen) atoms. The van der Waals surface area contributed by atoms with E-state index < -0.39 is 21.9 Å². The fraction of sp³-hybridized carbons (Fsp3) is 0.278. The summed E-state index contributed by atoms with van der Waals surface area (Å²) in [7, 11) is -2.08. The summed E-state index contributed by atoms with van der Waals surface area (Å²) in [5.74, 6) is -1.24. The molecule has 9 heteroatoms. The van der Waals surface area contributed by atoms with Gasteiger partial charge < -0.3 is 4.74 Å². The molecule has 3 rings (SSSR count). The van der Waals surface area contributed by atoms with Crippen molar-refractivity contribution in [2.75, 3.05) is 13.2 Å². The number of fused-ring (bicyclic) bond motifs is 1. The smallest absolute Gasteiger partial charge is 0.330 e. The summed E-state index contributed by atoms with van der Waals surface area (Å²) in [6.45, 7) is 3.25. The molecule has 0 unspecified atom stereocenters. The maximum atomic E-state index is 12.4. The van der Waals surface area contributed by atoms with E-state index in [-0.39, 0.29) is 23.6 Å². The molecule has 0 atom stereocenters. The predicted octanol–water partition coefficient (Wildman–Crippen LogP) is 1.44. The molecule has 1 aliphatic rings. The van der Waals surface area contributed by atoms with Gasteiger partial charge in [-0.2, -0.15) is 5.10 Å². The molecule has 1 aromatic heterocycles. The van der Waals surface area contributed by atoms with Gasteiger partial charge in [0.2, 0.25) is 0 Å². The van der Waals surface area contributed by atoms with Gasteiger partial charge >= 0.3 is 5.97 Å². The minimum atomic E-state index is -3.89. The second-order valence-corrected chi connectivity index (χ2v) is 7.92. The van der Waals surface area contributed by atoms with Crippen LogP contribution in [0.2, 0.25) is 0 Å². The van der Waals surface area contributed by atoms with Crippen LogP contribution in [0.25, 0.3) is 6.08 Å². The number of hydrogen-bond acceptors (Lipinski definition) is 6. The molecular formula is C18H19N3O5S. The molecule has 142 valence electrons. The Kier molecular flexibility index (Phi) is 4.88. The van der Waals surface area contributed by atoms with Crippen LogP contribution in [0.3, 0.4) is 0 Å². The normalized spacial score (nSPS) is 15.4. The van der Waals surface area contributed by atoms with Gasteiger partial charge in [0.1, 0.15) is 11.5 Å². The van der Waals surface area contributed by atoms with Gasteiger partial charge in [0, 0.05) is 24.4 Å². The van der Waals surface area contributed by atoms with Crippen molar-refractivity contribution in [3.63, 3.8) is 0 Å². The van der Waals surface area contributed by atoms with Crippen molar-refractivity contribution in [3.05, 3.63) is 52.9 Å². The Morgan fingerprint density at radius 3 is 2.59 bits per heavy atom. The van der Waals surface area contributed by atoms with Crippen LogP contribution in [0, 0.1) is 13.8 Å². The maximum absolute atomic E-state index is 12.4. The summed E-state index contributed by atoms with van der Waals surface area (Å²) in [4.78, 5) is 24.1. The Bertz CT molecular complexity index is 1050. The predicted molar refractivity (Wildman–Crippen MR) is 97.3 cm³/mol. The number of aromatic nitrogens is 2. The van der Waals surface area contributed by atoms with Crippen LogP contribution in [0.5, 0.6) is 0 Å². The van der Waals surface area contributed by atoms with Crippen LogP contribution in [0.4, 0.5) is 0 Å². The number of benzene rings is 1. The molecule has 1 aromatic carbocycles. The summed E-state index contributed by atoms with van der Waals surface area (Å²) in [5, 5.41) is 4.25. The van der Waals surface area contributed by atoms with Crippen molar-refractivity contribution in [1.29, 1.82) is 0 Å². The van der Waals surface area contributed by atoms with Crippen molar-refractivity contribution < 1.29 is 22.7 Å². The lowest BCUT2D eigenvalue weighted by atomic mass is 10.2. The first kappa shape index (κ1) is 18.8. The van der Waals surface area contributed by atoms with Crippen molar-refractivity contribution in [2.45, 2.75) is 18.7 Å². The monoisotopic (exact) mass is 389 g/mol. The first-order chi connectivity index (χ1) is 12.7. The number of nitrogens with zero attached hydrogens (tertiary/aromatic N) is 3. The third-order valence-electron chi connectivity index (χ3n) is 4.40. The maximum Gasteiger partial charge on any atom is 0.330 e. The second kappa shape index (κ2) is 6.99. The third-order valence-corrected chi connectivity index (χ3v) is 6.24. The van der Waals surface area contributed by atoms with Crippen LogP contribution in [-0.2, 0) is 26.6 Å². The zero-order valence-electron chi connectivity index (χ0n) is 15.2. The number of aryl methyl sites for hydroxylation is 2. The Hall–Kier alpha value is -2.94. The number of amides is 1. The molecule has 0 bridgehead atoms. The van der Waals surface area contributed by atoms with Crippen LogP contribution < -0.4 is 0 Å². The minimum absolute atomic E-state index is 0.0243. The zero-order valence-corrected chi connectivity index (χ0v) is 16.0. The molecule has 0 saturated heterocycles. The van der Waals surface area contributed by atoms with Crippen molar-refractivity contribution in [2.24, 2.45) is 7.05 Å². The lowest BCUT2D eigenvalue weighted by Crippen LogP contribution is -2.33. The van der Waals surface area contributed by atoms with Gasteiger partial charge in [-0.3, -0.25) is 9.48 Å². The minimum Gasteiger partial charge on any atom is -0.461 e. The largest absolute Gasteiger partial charge is 0.461 e. The number of carbonyl (C=O) groups excluding carboxylic acids is 2. The van der Waals surface area contributed by atoms with Gasteiger partial charge in [0.25, 0.3) is 15.9 Å². The van der Waals surface area contributed by atoms with E-state index in [1.165, 1.54) is 18.2 Å². The van der Waals surface area contributed by atoms with Crippen LogP contribution in [-0.4, -0.2) is 47.5 Å². The highest BCUT2D eigenvalue weighted by molar-refractivity contribution is 7.90. The third kappa shape index (κ3) is 3.37. The van der Waals surface area contributed by atoms with Crippen LogP contribution >= 0.6 is 0 Å². The van der Waals surface area contributed by atoms with Crippen LogP contribution in [0.15, 0.2) is 35.2 Å². The topological polar surface area (TPSA) is 98.6 Å². The molecule has 2 aromatic rings. The molecule has 0 N–H and O–H groups in total. The highest BCUT2D eigenvalue weighted by Crippen LogP contribution is 2.29. The quantitative estimate of drug-likeness (QED) is 0.567. The SMILES string of the molecule is Cc1nn(C)c(C)c1/C=C/C(=O)OCCN1C(=O)c2ccccc2S1(=O)=O. The number of ether oxygens (including phenoxy) is 1. The molecule has 0 aliphatic carbocycles. The van der Waals surface area contributed by atoms with E-state index in [2.05, 4.69) is 5.10 Å². The van der Waals surface area contributed by atoms with E-state index in [0.717, 1.165) is 21.3 Å². The number of esters is 1. The van der Waals surface area contributed by atoms with Gasteiger partial charge in [-0.15, -0.1) is 0 Å². The van der Waals surface area contributed by atoms with Crippen LogP contribution in [0.1, 0.15) is 27.3 Å². The summed E-state index contributed by atoms with van der Waals surface area (Å²) >= 11 is 0. The Balaban J connectivity index is 1.61. The van der Waals surface area contributed by atoms with E-state index >= 15 is 0 Å². The molecule has 8 nitrogen and oxygen atoms in total. The zero-order chi connectivity index (χ0) is 19.8. The van der Waals surface area contributed by atoms with Gasteiger partial charge in [-0.25, -0.2) is 17.5 Å². The van der Waals surface area contributed by atoms with Gasteiger partial charge in [-0.05, 0) is 32.1 Å². The van der Waals surface area contributed by atoms with E-state index in [9.17, 15) is 18.0 Å². The van der Waals surface area contributed by atoms with Crippen molar-refractivity contribution in [3.8, 4) is 0 Å². The number of hydrogen-bond donors (Lipinski definition) is 0. The van der Waals surface area contributed by atoms with Gasteiger partial charge in [0.05, 0.1) is 17.8 Å². The van der Waals surface area contributed by atoms with Crippen molar-refractivity contribution in [1.82, 2.24) is 14.1 Å². The van der Waals surface area contributed by atoms with Gasteiger partial charge in [-0.1, -0.05) is 12.1 Å². The van der Waals surface area contributed by atoms with E-state index in [4.69, 9.17) is 4.74 Å². The van der Waals surface area contributed by atoms with E-state index in [1.54, 1.807) is 22.9 Å². The highest BCUT2D eigenvalue weighted by atomic mass is 32.2.